The number of amides is 3. The summed E-state index contributed by atoms with van der Waals surface area (Å²) in [4.78, 5) is 54.0. The van der Waals surface area contributed by atoms with Gasteiger partial charge in [-0.15, -0.1) is 0 Å². The normalized spacial score (nSPS) is 19.6. The number of thiazole rings is 1. The van der Waals surface area contributed by atoms with E-state index in [1.165, 1.54) is 24.3 Å². The summed E-state index contributed by atoms with van der Waals surface area (Å²) in [5, 5.41) is 0.976. The van der Waals surface area contributed by atoms with E-state index < -0.39 is 81.2 Å². The number of halogens is 7. The average molecular weight is 682 g/mol. The van der Waals surface area contributed by atoms with E-state index in [0.717, 1.165) is 58.8 Å². The summed E-state index contributed by atoms with van der Waals surface area (Å²) in [7, 11) is 0. The third kappa shape index (κ3) is 5.59. The van der Waals surface area contributed by atoms with Gasteiger partial charge in [-0.3, -0.25) is 23.7 Å². The second-order valence-electron chi connectivity index (χ2n) is 10.4. The molecule has 238 valence electrons. The Bertz CT molecular complexity index is 1940. The Morgan fingerprint density at radius 3 is 2.22 bits per heavy atom. The zero-order valence-electron chi connectivity index (χ0n) is 22.9. The molecule has 0 saturated carbocycles. The van der Waals surface area contributed by atoms with Crippen LogP contribution in [0.1, 0.15) is 27.5 Å². The van der Waals surface area contributed by atoms with Gasteiger partial charge in [-0.25, -0.2) is 9.29 Å². The SMILES string of the molecule is O=C(Cn1c2c(sc1=O)[C@@H](c1ccc(F)cc1)[C@@H]1C(=O)N(c3cccc(C(F)(F)F)c3)C(=O)[C@@H]1S2)Nc1ccccc1C(F)(F)F. The first kappa shape index (κ1) is 31.5. The van der Waals surface area contributed by atoms with Crippen LogP contribution >= 0.6 is 23.1 Å². The molecular weight excluding hydrogens is 663 g/mol. The van der Waals surface area contributed by atoms with Crippen LogP contribution in [0.5, 0.6) is 0 Å². The lowest BCUT2D eigenvalue weighted by molar-refractivity contribution is -0.138. The van der Waals surface area contributed by atoms with Gasteiger partial charge >= 0.3 is 17.2 Å². The summed E-state index contributed by atoms with van der Waals surface area (Å²) in [6.07, 6.45) is -9.54. The molecule has 6 rings (SSSR count). The molecule has 1 N–H and O–H groups in total. The number of thioether (sulfide) groups is 1. The number of para-hydroxylation sites is 1. The number of imide groups is 1. The third-order valence-electron chi connectivity index (χ3n) is 7.52. The number of hydrogen-bond donors (Lipinski definition) is 1. The summed E-state index contributed by atoms with van der Waals surface area (Å²) in [5.41, 5.74) is -2.74. The fourth-order valence-electron chi connectivity index (χ4n) is 5.53. The van der Waals surface area contributed by atoms with Gasteiger partial charge in [-0.05, 0) is 48.0 Å². The van der Waals surface area contributed by atoms with Crippen molar-refractivity contribution in [3.8, 4) is 0 Å². The zero-order valence-corrected chi connectivity index (χ0v) is 24.5. The first-order valence-corrected chi connectivity index (χ1v) is 15.0. The molecule has 0 aliphatic carbocycles. The second-order valence-corrected chi connectivity index (χ2v) is 12.5. The molecule has 1 saturated heterocycles. The highest BCUT2D eigenvalue weighted by molar-refractivity contribution is 8.00. The third-order valence-corrected chi connectivity index (χ3v) is 10.1. The quantitative estimate of drug-likeness (QED) is 0.192. The number of anilines is 2. The molecule has 0 bridgehead atoms. The van der Waals surface area contributed by atoms with E-state index in [9.17, 15) is 49.9 Å². The van der Waals surface area contributed by atoms with Crippen molar-refractivity contribution >= 4 is 52.2 Å². The number of fused-ring (bicyclic) bond motifs is 2. The molecule has 3 aromatic carbocycles. The van der Waals surface area contributed by atoms with Crippen molar-refractivity contribution in [3.63, 3.8) is 0 Å². The highest BCUT2D eigenvalue weighted by atomic mass is 32.2. The number of rotatable bonds is 5. The number of carbonyl (C=O) groups excluding carboxylic acids is 3. The van der Waals surface area contributed by atoms with Gasteiger partial charge < -0.3 is 5.32 Å². The molecular formula is C30H18F7N3O4S2. The van der Waals surface area contributed by atoms with Crippen molar-refractivity contribution in [3.05, 3.63) is 110 Å². The van der Waals surface area contributed by atoms with Crippen LogP contribution in [0, 0.1) is 11.7 Å². The van der Waals surface area contributed by atoms with E-state index in [1.54, 1.807) is 0 Å². The summed E-state index contributed by atoms with van der Waals surface area (Å²) in [6.45, 7) is -0.753. The predicted octanol–water partition coefficient (Wildman–Crippen LogP) is 6.52. The molecule has 2 aliphatic rings. The zero-order chi connectivity index (χ0) is 33.1. The van der Waals surface area contributed by atoms with Crippen molar-refractivity contribution in [2.24, 2.45) is 5.92 Å². The van der Waals surface area contributed by atoms with Crippen molar-refractivity contribution in [2.45, 2.75) is 35.1 Å². The van der Waals surface area contributed by atoms with Gasteiger partial charge in [0.25, 0.3) is 0 Å². The topological polar surface area (TPSA) is 88.5 Å². The largest absolute Gasteiger partial charge is 0.418 e. The molecule has 2 aliphatic heterocycles. The minimum absolute atomic E-state index is 0.0804. The Morgan fingerprint density at radius 2 is 1.54 bits per heavy atom. The fourth-order valence-corrected chi connectivity index (χ4v) is 8.31. The number of benzene rings is 3. The summed E-state index contributed by atoms with van der Waals surface area (Å²) in [6, 6.07) is 12.8. The Morgan fingerprint density at radius 1 is 0.848 bits per heavy atom. The number of aromatic nitrogens is 1. The van der Waals surface area contributed by atoms with Gasteiger partial charge in [0.2, 0.25) is 17.7 Å². The van der Waals surface area contributed by atoms with Crippen molar-refractivity contribution in [2.75, 3.05) is 10.2 Å². The average Bonchev–Trinajstić information content (AvgIpc) is 3.43. The highest BCUT2D eigenvalue weighted by Crippen LogP contribution is 2.54. The Balaban J connectivity index is 1.40. The summed E-state index contributed by atoms with van der Waals surface area (Å²) >= 11 is 1.39. The number of carbonyl (C=O) groups is 3. The Labute approximate surface area is 262 Å². The first-order valence-electron chi connectivity index (χ1n) is 13.3. The Hall–Kier alpha value is -4.44. The van der Waals surface area contributed by atoms with E-state index in [1.807, 2.05) is 0 Å². The monoisotopic (exact) mass is 681 g/mol. The molecule has 0 unspecified atom stereocenters. The molecule has 46 heavy (non-hydrogen) atoms. The van der Waals surface area contributed by atoms with Crippen LogP contribution in [0.15, 0.2) is 82.6 Å². The number of hydrogen-bond acceptors (Lipinski definition) is 6. The van der Waals surface area contributed by atoms with Crippen molar-refractivity contribution in [1.29, 1.82) is 0 Å². The van der Waals surface area contributed by atoms with Gasteiger partial charge in [-0.1, -0.05) is 53.4 Å². The number of alkyl halides is 6. The minimum atomic E-state index is -4.78. The molecule has 1 fully saturated rings. The van der Waals surface area contributed by atoms with Crippen LogP contribution in [-0.4, -0.2) is 27.5 Å². The highest BCUT2D eigenvalue weighted by Gasteiger charge is 2.57. The van der Waals surface area contributed by atoms with Gasteiger partial charge in [0.1, 0.15) is 17.6 Å². The Kier molecular flexibility index (Phi) is 7.83. The van der Waals surface area contributed by atoms with E-state index >= 15 is 0 Å². The summed E-state index contributed by atoms with van der Waals surface area (Å²) < 4.78 is 95.6. The molecule has 7 nitrogen and oxygen atoms in total. The van der Waals surface area contributed by atoms with Crippen molar-refractivity contribution in [1.82, 2.24) is 4.57 Å². The molecule has 0 spiro atoms. The van der Waals surface area contributed by atoms with E-state index in [-0.39, 0.29) is 15.6 Å². The lowest BCUT2D eigenvalue weighted by Gasteiger charge is -2.30. The lowest BCUT2D eigenvalue weighted by Crippen LogP contribution is -2.33. The fraction of sp³-hybridized carbons (Fsp3) is 0.200. The first-order chi connectivity index (χ1) is 21.6. The lowest BCUT2D eigenvalue weighted by atomic mass is 9.83. The summed E-state index contributed by atoms with van der Waals surface area (Å²) in [5.74, 6) is -5.57. The molecule has 0 radical (unpaired) electrons. The number of nitrogens with one attached hydrogen (secondary N) is 1. The molecule has 16 heteroatoms. The van der Waals surface area contributed by atoms with E-state index in [2.05, 4.69) is 5.32 Å². The maximum Gasteiger partial charge on any atom is 0.418 e. The van der Waals surface area contributed by atoms with Gasteiger partial charge in [0, 0.05) is 10.8 Å². The van der Waals surface area contributed by atoms with Crippen LogP contribution in [0.4, 0.5) is 42.1 Å². The maximum atomic E-state index is 13.9. The van der Waals surface area contributed by atoms with Gasteiger partial charge in [0.05, 0.1) is 33.4 Å². The number of nitrogens with zero attached hydrogens (tertiary/aromatic N) is 2. The van der Waals surface area contributed by atoms with Gasteiger partial charge in [0.15, 0.2) is 0 Å². The smallest absolute Gasteiger partial charge is 0.324 e. The van der Waals surface area contributed by atoms with Gasteiger partial charge in [-0.2, -0.15) is 26.3 Å². The standard InChI is InChI=1S/C30H18F7N3O4S2/c31-16-10-8-14(9-11-16)21-22-23(26(43)40(25(22)42)17-5-3-4-15(12-17)29(32,33)34)45-27-24(21)46-28(44)39(27)13-20(41)38-19-7-2-1-6-18(19)30(35,36)37/h1-12,21-23H,13H2,(H,38,41)/t21-,22-,23+/m0/s1. The predicted molar refractivity (Wildman–Crippen MR) is 154 cm³/mol. The molecule has 3 amide bonds. The van der Waals surface area contributed by atoms with Crippen LogP contribution in [0.2, 0.25) is 0 Å². The molecule has 3 atom stereocenters. The van der Waals surface area contributed by atoms with E-state index in [4.69, 9.17) is 0 Å². The molecule has 3 heterocycles. The second kappa shape index (κ2) is 11.4. The van der Waals surface area contributed by atoms with Crippen LogP contribution < -0.4 is 15.1 Å². The van der Waals surface area contributed by atoms with E-state index in [0.29, 0.717) is 27.9 Å². The van der Waals surface area contributed by atoms with Crippen LogP contribution in [-0.2, 0) is 33.3 Å². The van der Waals surface area contributed by atoms with Crippen molar-refractivity contribution < 1.29 is 45.1 Å². The maximum absolute atomic E-state index is 13.9. The molecule has 1 aromatic heterocycles. The molecule has 4 aromatic rings. The van der Waals surface area contributed by atoms with Crippen LogP contribution in [0.25, 0.3) is 0 Å². The van der Waals surface area contributed by atoms with Crippen LogP contribution in [0.3, 0.4) is 0 Å². The minimum Gasteiger partial charge on any atom is -0.324 e.